The van der Waals surface area contributed by atoms with Crippen molar-refractivity contribution in [3.8, 4) is 0 Å². The summed E-state index contributed by atoms with van der Waals surface area (Å²) in [5, 5.41) is 3.52. The van der Waals surface area contributed by atoms with Gasteiger partial charge >= 0.3 is 10.1 Å². The van der Waals surface area contributed by atoms with Gasteiger partial charge in [0.05, 0.1) is 5.71 Å². The third-order valence-electron chi connectivity index (χ3n) is 1.83. The summed E-state index contributed by atoms with van der Waals surface area (Å²) in [5.41, 5.74) is 0.634. The molecule has 0 radical (unpaired) electrons. The molecule has 0 aliphatic heterocycles. The Labute approximate surface area is 89.7 Å². The van der Waals surface area contributed by atoms with Crippen LogP contribution in [0.4, 0.5) is 0 Å². The minimum Gasteiger partial charge on any atom is -0.265 e. The molecule has 0 heterocycles. The predicted octanol–water partition coefficient (Wildman–Crippen LogP) is 2.18. The van der Waals surface area contributed by atoms with Crippen molar-refractivity contribution in [2.75, 3.05) is 0 Å². The Kier molecular flexibility index (Phi) is 3.85. The molecule has 1 aromatic carbocycles. The monoisotopic (exact) mass is 227 g/mol. The van der Waals surface area contributed by atoms with Gasteiger partial charge in [-0.3, -0.25) is 4.28 Å². The molecule has 4 nitrogen and oxygen atoms in total. The lowest BCUT2D eigenvalue weighted by molar-refractivity contribution is 0.337. The number of hydrogen-bond acceptors (Lipinski definition) is 4. The number of oxime groups is 1. The standard InChI is InChI=1S/C10H13NO3S/c1-3-9(2)11-14-15(12,13)10-7-5-4-6-8-10/h4-8H,3H2,1-2H3. The van der Waals surface area contributed by atoms with Crippen LogP contribution >= 0.6 is 0 Å². The van der Waals surface area contributed by atoms with Crippen molar-refractivity contribution in [3.05, 3.63) is 30.3 Å². The van der Waals surface area contributed by atoms with E-state index in [1.54, 1.807) is 25.1 Å². The first-order valence-corrected chi connectivity index (χ1v) is 5.99. The van der Waals surface area contributed by atoms with Gasteiger partial charge in [0.15, 0.2) is 0 Å². The third kappa shape index (κ3) is 3.36. The normalized spacial score (nSPS) is 12.5. The average Bonchev–Trinajstić information content (AvgIpc) is 2.27. The average molecular weight is 227 g/mol. The molecule has 1 rings (SSSR count). The highest BCUT2D eigenvalue weighted by molar-refractivity contribution is 7.86. The van der Waals surface area contributed by atoms with Crippen molar-refractivity contribution in [2.24, 2.45) is 5.16 Å². The first kappa shape index (κ1) is 11.7. The molecule has 0 aromatic heterocycles. The maximum absolute atomic E-state index is 11.5. The molecule has 0 N–H and O–H groups in total. The summed E-state index contributed by atoms with van der Waals surface area (Å²) >= 11 is 0. The van der Waals surface area contributed by atoms with Gasteiger partial charge in [-0.2, -0.15) is 8.42 Å². The molecule has 0 aliphatic carbocycles. The Hall–Kier alpha value is -1.36. The molecule has 0 spiro atoms. The van der Waals surface area contributed by atoms with E-state index in [1.165, 1.54) is 12.1 Å². The van der Waals surface area contributed by atoms with Gasteiger partial charge in [-0.05, 0) is 25.5 Å². The topological polar surface area (TPSA) is 55.7 Å². The Morgan fingerprint density at radius 3 is 2.47 bits per heavy atom. The van der Waals surface area contributed by atoms with Crippen molar-refractivity contribution < 1.29 is 12.7 Å². The van der Waals surface area contributed by atoms with Gasteiger partial charge in [-0.25, -0.2) is 0 Å². The fourth-order valence-electron chi connectivity index (χ4n) is 0.807. The molecule has 82 valence electrons. The SMILES string of the molecule is CCC(C)=NOS(=O)(=O)c1ccccc1. The van der Waals surface area contributed by atoms with Gasteiger partial charge in [0.25, 0.3) is 0 Å². The van der Waals surface area contributed by atoms with Crippen molar-refractivity contribution in [3.63, 3.8) is 0 Å². The van der Waals surface area contributed by atoms with Crippen LogP contribution in [0.5, 0.6) is 0 Å². The van der Waals surface area contributed by atoms with Crippen LogP contribution in [0, 0.1) is 0 Å². The van der Waals surface area contributed by atoms with Gasteiger partial charge in [-0.1, -0.05) is 30.3 Å². The van der Waals surface area contributed by atoms with Crippen LogP contribution in [-0.4, -0.2) is 14.1 Å². The minimum absolute atomic E-state index is 0.109. The third-order valence-corrected chi connectivity index (χ3v) is 2.96. The molecule has 0 saturated carbocycles. The van der Waals surface area contributed by atoms with Gasteiger partial charge < -0.3 is 0 Å². The van der Waals surface area contributed by atoms with Crippen LogP contribution in [0.25, 0.3) is 0 Å². The lowest BCUT2D eigenvalue weighted by Crippen LogP contribution is -2.03. The van der Waals surface area contributed by atoms with Crippen LogP contribution in [-0.2, 0) is 14.4 Å². The maximum Gasteiger partial charge on any atom is 0.358 e. The van der Waals surface area contributed by atoms with Crippen LogP contribution in [0.15, 0.2) is 40.4 Å². The molecule has 0 aliphatic rings. The zero-order chi connectivity index (χ0) is 11.3. The van der Waals surface area contributed by atoms with E-state index in [0.29, 0.717) is 12.1 Å². The molecule has 0 bridgehead atoms. The van der Waals surface area contributed by atoms with E-state index < -0.39 is 10.1 Å². The van der Waals surface area contributed by atoms with Crippen molar-refractivity contribution in [1.82, 2.24) is 0 Å². The van der Waals surface area contributed by atoms with E-state index in [2.05, 4.69) is 9.44 Å². The quantitative estimate of drug-likeness (QED) is 0.585. The second kappa shape index (κ2) is 4.93. The molecule has 5 heteroatoms. The lowest BCUT2D eigenvalue weighted by atomic mass is 10.3. The van der Waals surface area contributed by atoms with Gasteiger partial charge in [-0.15, -0.1) is 0 Å². The highest BCUT2D eigenvalue weighted by Crippen LogP contribution is 2.11. The number of hydrogen-bond donors (Lipinski definition) is 0. The van der Waals surface area contributed by atoms with Crippen molar-refractivity contribution in [1.29, 1.82) is 0 Å². The highest BCUT2D eigenvalue weighted by atomic mass is 32.2. The zero-order valence-corrected chi connectivity index (χ0v) is 9.49. The fourth-order valence-corrected chi connectivity index (χ4v) is 1.61. The van der Waals surface area contributed by atoms with E-state index in [-0.39, 0.29) is 4.90 Å². The van der Waals surface area contributed by atoms with Crippen LogP contribution in [0.1, 0.15) is 20.3 Å². The maximum atomic E-state index is 11.5. The van der Waals surface area contributed by atoms with Gasteiger partial charge in [0, 0.05) is 0 Å². The number of rotatable bonds is 4. The fraction of sp³-hybridized carbons (Fsp3) is 0.300. The first-order chi connectivity index (χ1) is 7.06. The van der Waals surface area contributed by atoms with Crippen molar-refractivity contribution in [2.45, 2.75) is 25.2 Å². The molecule has 15 heavy (non-hydrogen) atoms. The van der Waals surface area contributed by atoms with Crippen LogP contribution in [0.2, 0.25) is 0 Å². The van der Waals surface area contributed by atoms with Gasteiger partial charge in [0.2, 0.25) is 0 Å². The van der Waals surface area contributed by atoms with E-state index in [4.69, 9.17) is 0 Å². The largest absolute Gasteiger partial charge is 0.358 e. The van der Waals surface area contributed by atoms with E-state index in [9.17, 15) is 8.42 Å². The zero-order valence-electron chi connectivity index (χ0n) is 8.67. The predicted molar refractivity (Wildman–Crippen MR) is 58.1 cm³/mol. The Morgan fingerprint density at radius 2 is 1.93 bits per heavy atom. The molecule has 0 saturated heterocycles. The van der Waals surface area contributed by atoms with Crippen molar-refractivity contribution >= 4 is 15.8 Å². The summed E-state index contributed by atoms with van der Waals surface area (Å²) in [6.45, 7) is 3.58. The smallest absolute Gasteiger partial charge is 0.265 e. The first-order valence-electron chi connectivity index (χ1n) is 4.58. The van der Waals surface area contributed by atoms with Gasteiger partial charge in [0.1, 0.15) is 4.90 Å². The summed E-state index contributed by atoms with van der Waals surface area (Å²) < 4.78 is 27.6. The summed E-state index contributed by atoms with van der Waals surface area (Å²) in [7, 11) is -3.75. The lowest BCUT2D eigenvalue weighted by Gasteiger charge is -2.01. The number of nitrogens with zero attached hydrogens (tertiary/aromatic N) is 1. The molecular weight excluding hydrogens is 214 g/mol. The number of benzene rings is 1. The molecule has 1 aromatic rings. The summed E-state index contributed by atoms with van der Waals surface area (Å²) in [5.74, 6) is 0. The second-order valence-electron chi connectivity index (χ2n) is 3.02. The van der Waals surface area contributed by atoms with Crippen LogP contribution < -0.4 is 0 Å². The Morgan fingerprint density at radius 1 is 1.33 bits per heavy atom. The molecular formula is C10H13NO3S. The van der Waals surface area contributed by atoms with E-state index in [0.717, 1.165) is 0 Å². The van der Waals surface area contributed by atoms with E-state index >= 15 is 0 Å². The molecule has 0 atom stereocenters. The molecule has 0 fully saturated rings. The Balaban J connectivity index is 2.87. The van der Waals surface area contributed by atoms with Crippen LogP contribution in [0.3, 0.4) is 0 Å². The minimum atomic E-state index is -3.75. The summed E-state index contributed by atoms with van der Waals surface area (Å²) in [4.78, 5) is 0.109. The van der Waals surface area contributed by atoms with E-state index in [1.807, 2.05) is 6.92 Å². The second-order valence-corrected chi connectivity index (χ2v) is 4.55. The molecule has 0 amide bonds. The summed E-state index contributed by atoms with van der Waals surface area (Å²) in [6.07, 6.45) is 0.657. The Bertz CT molecular complexity index is 437. The molecule has 0 unspecified atom stereocenters. The highest BCUT2D eigenvalue weighted by Gasteiger charge is 2.14. The summed E-state index contributed by atoms with van der Waals surface area (Å²) in [6, 6.07) is 7.93.